The second-order valence-electron chi connectivity index (χ2n) is 5.46. The van der Waals surface area contributed by atoms with E-state index in [0.29, 0.717) is 6.54 Å². The second kappa shape index (κ2) is 7.59. The van der Waals surface area contributed by atoms with Crippen molar-refractivity contribution in [3.05, 3.63) is 30.3 Å². The highest BCUT2D eigenvalue weighted by Gasteiger charge is 2.34. The molecule has 0 aromatic heterocycles. The first-order valence-corrected chi connectivity index (χ1v) is 9.02. The third-order valence-corrected chi connectivity index (χ3v) is 6.07. The van der Waals surface area contributed by atoms with Gasteiger partial charge in [0.05, 0.1) is 5.25 Å². The summed E-state index contributed by atoms with van der Waals surface area (Å²) in [7, 11) is -3.45. The van der Waals surface area contributed by atoms with Gasteiger partial charge in [-0.3, -0.25) is 4.79 Å². The van der Waals surface area contributed by atoms with Gasteiger partial charge in [-0.1, -0.05) is 31.5 Å². The Balaban J connectivity index is 3.07. The van der Waals surface area contributed by atoms with E-state index in [2.05, 4.69) is 0 Å². The third-order valence-electron chi connectivity index (χ3n) is 3.57. The molecule has 0 aliphatic rings. The lowest BCUT2D eigenvalue weighted by Gasteiger charge is -2.26. The topological polar surface area (TPSA) is 54.5 Å². The van der Waals surface area contributed by atoms with Crippen LogP contribution in [0.2, 0.25) is 0 Å². The van der Waals surface area contributed by atoms with Crippen molar-refractivity contribution >= 4 is 21.4 Å². The molecule has 0 saturated heterocycles. The van der Waals surface area contributed by atoms with E-state index in [9.17, 15) is 13.2 Å². The van der Waals surface area contributed by atoms with Gasteiger partial charge in [0.2, 0.25) is 5.91 Å². The maximum absolute atomic E-state index is 12.6. The summed E-state index contributed by atoms with van der Waals surface area (Å²) < 4.78 is 24.5. The Kier molecular flexibility index (Phi) is 6.40. The number of carbonyl (C=O) groups excluding carboxylic acids is 1. The fourth-order valence-corrected chi connectivity index (χ4v) is 3.28. The number of carbonyl (C=O) groups is 1. The van der Waals surface area contributed by atoms with E-state index in [1.165, 1.54) is 6.92 Å². The molecule has 0 spiro atoms. The Hall–Kier alpha value is -1.36. The Labute approximate surface area is 128 Å². The standard InChI is InChI=1S/C16H25NO3S/c1-5-6-12-17(15-10-8-7-9-11-15)16(18)14(4)21(19,20)13(2)3/h7-11,13-14H,5-6,12H2,1-4H3. The largest absolute Gasteiger partial charge is 0.311 e. The molecule has 1 unspecified atom stereocenters. The quantitative estimate of drug-likeness (QED) is 0.778. The number of para-hydroxylation sites is 1. The van der Waals surface area contributed by atoms with Crippen molar-refractivity contribution in [2.45, 2.75) is 51.0 Å². The Bertz CT molecular complexity index is 552. The normalized spacial score (nSPS) is 13.2. The zero-order valence-electron chi connectivity index (χ0n) is 13.2. The molecule has 1 rings (SSSR count). The summed E-state index contributed by atoms with van der Waals surface area (Å²) in [6.07, 6.45) is 1.79. The van der Waals surface area contributed by atoms with E-state index >= 15 is 0 Å². The lowest BCUT2D eigenvalue weighted by molar-refractivity contribution is -0.118. The molecule has 0 aliphatic carbocycles. The Morgan fingerprint density at radius 3 is 2.19 bits per heavy atom. The summed E-state index contributed by atoms with van der Waals surface area (Å²) in [6.45, 7) is 7.29. The summed E-state index contributed by atoms with van der Waals surface area (Å²) in [5.41, 5.74) is 0.752. The monoisotopic (exact) mass is 311 g/mol. The Morgan fingerprint density at radius 1 is 1.14 bits per heavy atom. The van der Waals surface area contributed by atoms with Crippen molar-refractivity contribution in [2.75, 3.05) is 11.4 Å². The molecule has 0 N–H and O–H groups in total. The maximum Gasteiger partial charge on any atom is 0.245 e. The van der Waals surface area contributed by atoms with Gasteiger partial charge in [-0.2, -0.15) is 0 Å². The van der Waals surface area contributed by atoms with Gasteiger partial charge in [0.1, 0.15) is 5.25 Å². The van der Waals surface area contributed by atoms with Crippen LogP contribution in [-0.4, -0.2) is 31.4 Å². The molecule has 118 valence electrons. The number of hydrogen-bond donors (Lipinski definition) is 0. The Morgan fingerprint density at radius 2 is 1.71 bits per heavy atom. The van der Waals surface area contributed by atoms with Crippen molar-refractivity contribution in [1.82, 2.24) is 0 Å². The minimum absolute atomic E-state index is 0.344. The molecule has 0 bridgehead atoms. The zero-order valence-corrected chi connectivity index (χ0v) is 14.1. The molecular weight excluding hydrogens is 286 g/mol. The zero-order chi connectivity index (χ0) is 16.0. The van der Waals surface area contributed by atoms with Gasteiger partial charge in [0.25, 0.3) is 0 Å². The van der Waals surface area contributed by atoms with Crippen LogP contribution in [0.15, 0.2) is 30.3 Å². The number of nitrogens with zero attached hydrogens (tertiary/aromatic N) is 1. The molecule has 0 aliphatic heterocycles. The first-order valence-electron chi connectivity index (χ1n) is 7.41. The highest BCUT2D eigenvalue weighted by Crippen LogP contribution is 2.19. The van der Waals surface area contributed by atoms with Crippen LogP contribution in [0.4, 0.5) is 5.69 Å². The van der Waals surface area contributed by atoms with Gasteiger partial charge >= 0.3 is 0 Å². The number of anilines is 1. The highest BCUT2D eigenvalue weighted by atomic mass is 32.2. The minimum Gasteiger partial charge on any atom is -0.311 e. The van der Waals surface area contributed by atoms with Crippen molar-refractivity contribution in [1.29, 1.82) is 0 Å². The maximum atomic E-state index is 12.6. The van der Waals surface area contributed by atoms with E-state index in [4.69, 9.17) is 0 Å². The molecule has 5 heteroatoms. The van der Waals surface area contributed by atoms with Crippen LogP contribution in [0.3, 0.4) is 0 Å². The molecule has 0 saturated carbocycles. The van der Waals surface area contributed by atoms with Crippen molar-refractivity contribution < 1.29 is 13.2 Å². The first kappa shape index (κ1) is 17.7. The molecule has 0 radical (unpaired) electrons. The van der Waals surface area contributed by atoms with Crippen LogP contribution >= 0.6 is 0 Å². The molecule has 0 fully saturated rings. The van der Waals surface area contributed by atoms with Crippen LogP contribution < -0.4 is 4.90 Å². The van der Waals surface area contributed by atoms with E-state index in [0.717, 1.165) is 18.5 Å². The molecule has 1 atom stereocenters. The second-order valence-corrected chi connectivity index (χ2v) is 8.29. The summed E-state index contributed by atoms with van der Waals surface area (Å²) >= 11 is 0. The number of amides is 1. The SMILES string of the molecule is CCCCN(C(=O)C(C)S(=O)(=O)C(C)C)c1ccccc1. The summed E-state index contributed by atoms with van der Waals surface area (Å²) in [6, 6.07) is 9.25. The average Bonchev–Trinajstić information content (AvgIpc) is 2.47. The van der Waals surface area contributed by atoms with Crippen LogP contribution in [0.5, 0.6) is 0 Å². The molecule has 21 heavy (non-hydrogen) atoms. The van der Waals surface area contributed by atoms with E-state index in [1.807, 2.05) is 37.3 Å². The predicted octanol–water partition coefficient (Wildman–Crippen LogP) is 3.03. The fraction of sp³-hybridized carbons (Fsp3) is 0.562. The van der Waals surface area contributed by atoms with E-state index in [1.54, 1.807) is 18.7 Å². The number of benzene rings is 1. The van der Waals surface area contributed by atoms with Gasteiger partial charge in [-0.05, 0) is 39.3 Å². The van der Waals surface area contributed by atoms with Crippen molar-refractivity contribution in [2.24, 2.45) is 0 Å². The molecule has 0 heterocycles. The third kappa shape index (κ3) is 4.30. The van der Waals surface area contributed by atoms with Crippen LogP contribution in [0.25, 0.3) is 0 Å². The van der Waals surface area contributed by atoms with Gasteiger partial charge in [-0.25, -0.2) is 8.42 Å². The van der Waals surface area contributed by atoms with E-state index < -0.39 is 20.3 Å². The van der Waals surface area contributed by atoms with Crippen molar-refractivity contribution in [3.8, 4) is 0 Å². The smallest absolute Gasteiger partial charge is 0.245 e. The lowest BCUT2D eigenvalue weighted by Crippen LogP contribution is -2.44. The first-order chi connectivity index (χ1) is 9.82. The van der Waals surface area contributed by atoms with Crippen LogP contribution in [0, 0.1) is 0 Å². The predicted molar refractivity (Wildman–Crippen MR) is 87.2 cm³/mol. The van der Waals surface area contributed by atoms with Gasteiger partial charge in [-0.15, -0.1) is 0 Å². The van der Waals surface area contributed by atoms with Gasteiger partial charge in [0, 0.05) is 12.2 Å². The number of sulfone groups is 1. The molecule has 1 aromatic rings. The van der Waals surface area contributed by atoms with Crippen LogP contribution in [-0.2, 0) is 14.6 Å². The number of rotatable bonds is 7. The summed E-state index contributed by atoms with van der Waals surface area (Å²) in [5.74, 6) is -0.344. The number of unbranched alkanes of at least 4 members (excludes halogenated alkanes) is 1. The molecule has 1 amide bonds. The lowest BCUT2D eigenvalue weighted by atomic mass is 10.2. The molecular formula is C16H25NO3S. The van der Waals surface area contributed by atoms with E-state index in [-0.39, 0.29) is 5.91 Å². The molecule has 1 aromatic carbocycles. The average molecular weight is 311 g/mol. The fourth-order valence-electron chi connectivity index (χ4n) is 2.06. The molecule has 4 nitrogen and oxygen atoms in total. The summed E-state index contributed by atoms with van der Waals surface area (Å²) in [4.78, 5) is 14.2. The van der Waals surface area contributed by atoms with Gasteiger partial charge in [0.15, 0.2) is 9.84 Å². The van der Waals surface area contributed by atoms with Gasteiger partial charge < -0.3 is 4.90 Å². The summed E-state index contributed by atoms with van der Waals surface area (Å²) in [5, 5.41) is -1.57. The number of hydrogen-bond acceptors (Lipinski definition) is 3. The highest BCUT2D eigenvalue weighted by molar-refractivity contribution is 7.93. The van der Waals surface area contributed by atoms with Crippen LogP contribution in [0.1, 0.15) is 40.5 Å². The van der Waals surface area contributed by atoms with Crippen molar-refractivity contribution in [3.63, 3.8) is 0 Å². The minimum atomic E-state index is -3.45.